The number of carbonyl (C=O) groups is 2. The summed E-state index contributed by atoms with van der Waals surface area (Å²) < 4.78 is 0. The highest BCUT2D eigenvalue weighted by atomic mass is 16.2. The van der Waals surface area contributed by atoms with Crippen molar-refractivity contribution in [3.8, 4) is 0 Å². The number of nitrogens with zero attached hydrogens (tertiary/aromatic N) is 1. The predicted molar refractivity (Wildman–Crippen MR) is 116 cm³/mol. The average molecular weight is 389 g/mol. The molecule has 0 saturated carbocycles. The molecule has 0 atom stereocenters. The molecule has 1 saturated heterocycles. The van der Waals surface area contributed by atoms with Gasteiger partial charge in [0.15, 0.2) is 0 Å². The van der Waals surface area contributed by atoms with E-state index in [1.54, 1.807) is 6.07 Å². The zero-order valence-electron chi connectivity index (χ0n) is 16.6. The molecule has 0 aliphatic carbocycles. The van der Waals surface area contributed by atoms with Crippen LogP contribution in [-0.4, -0.2) is 34.8 Å². The Morgan fingerprint density at radius 1 is 0.966 bits per heavy atom. The molecule has 2 heterocycles. The van der Waals surface area contributed by atoms with Crippen LogP contribution < -0.4 is 5.32 Å². The minimum absolute atomic E-state index is 0.0133. The van der Waals surface area contributed by atoms with Crippen molar-refractivity contribution >= 4 is 28.4 Å². The van der Waals surface area contributed by atoms with Gasteiger partial charge in [-0.25, -0.2) is 0 Å². The van der Waals surface area contributed by atoms with Crippen LogP contribution in [0.1, 0.15) is 48.0 Å². The molecule has 0 radical (unpaired) electrons. The first-order valence-electron chi connectivity index (χ1n) is 10.5. The summed E-state index contributed by atoms with van der Waals surface area (Å²) in [6, 6.07) is 15.5. The number of hydrogen-bond acceptors (Lipinski definition) is 2. The molecule has 5 nitrogen and oxygen atoms in total. The third-order valence-corrected chi connectivity index (χ3v) is 5.60. The number of anilines is 1. The standard InChI is InChI=1S/C24H27N3O2/c28-23(14-8-9-18-17-25-21-12-4-2-10-19(18)21)26-22-13-5-3-11-20(22)24(29)27-15-6-1-7-16-27/h2-5,10-13,17,25H,1,6-9,14-16H2,(H,26,28). The third-order valence-electron chi connectivity index (χ3n) is 5.60. The van der Waals surface area contributed by atoms with E-state index in [0.29, 0.717) is 17.7 Å². The molecule has 0 spiro atoms. The van der Waals surface area contributed by atoms with E-state index in [4.69, 9.17) is 0 Å². The van der Waals surface area contributed by atoms with Gasteiger partial charge in [0.1, 0.15) is 0 Å². The van der Waals surface area contributed by atoms with Crippen LogP contribution in [0.4, 0.5) is 5.69 Å². The number of nitrogens with one attached hydrogen (secondary N) is 2. The molecule has 4 rings (SSSR count). The normalized spacial score (nSPS) is 14.1. The van der Waals surface area contributed by atoms with Gasteiger partial charge in [-0.05, 0) is 55.9 Å². The first-order chi connectivity index (χ1) is 14.2. The summed E-state index contributed by atoms with van der Waals surface area (Å²) in [6.45, 7) is 1.59. The van der Waals surface area contributed by atoms with Gasteiger partial charge in [-0.1, -0.05) is 30.3 Å². The van der Waals surface area contributed by atoms with Gasteiger partial charge in [-0.2, -0.15) is 0 Å². The lowest BCUT2D eigenvalue weighted by atomic mass is 10.1. The zero-order chi connectivity index (χ0) is 20.1. The summed E-state index contributed by atoms with van der Waals surface area (Å²) in [4.78, 5) is 30.5. The average Bonchev–Trinajstić information content (AvgIpc) is 3.17. The van der Waals surface area contributed by atoms with E-state index < -0.39 is 0 Å². The Bertz CT molecular complexity index is 1000. The highest BCUT2D eigenvalue weighted by Gasteiger charge is 2.21. The van der Waals surface area contributed by atoms with Gasteiger partial charge in [-0.15, -0.1) is 0 Å². The zero-order valence-corrected chi connectivity index (χ0v) is 16.6. The number of aromatic amines is 1. The second kappa shape index (κ2) is 8.95. The fourth-order valence-corrected chi connectivity index (χ4v) is 4.04. The number of para-hydroxylation sites is 2. The van der Waals surface area contributed by atoms with Gasteiger partial charge in [0.25, 0.3) is 5.91 Å². The number of aromatic nitrogens is 1. The van der Waals surface area contributed by atoms with Crippen LogP contribution in [0, 0.1) is 0 Å². The molecule has 0 bridgehead atoms. The van der Waals surface area contributed by atoms with Crippen molar-refractivity contribution in [2.24, 2.45) is 0 Å². The highest BCUT2D eigenvalue weighted by Crippen LogP contribution is 2.22. The molecular weight excluding hydrogens is 362 g/mol. The van der Waals surface area contributed by atoms with E-state index in [9.17, 15) is 9.59 Å². The molecule has 2 N–H and O–H groups in total. The van der Waals surface area contributed by atoms with Crippen molar-refractivity contribution < 1.29 is 9.59 Å². The van der Waals surface area contributed by atoms with Crippen LogP contribution in [0.5, 0.6) is 0 Å². The first kappa shape index (κ1) is 19.2. The molecule has 1 fully saturated rings. The lowest BCUT2D eigenvalue weighted by Gasteiger charge is -2.27. The summed E-state index contributed by atoms with van der Waals surface area (Å²) in [5.41, 5.74) is 3.55. The van der Waals surface area contributed by atoms with Crippen LogP contribution in [0.15, 0.2) is 54.7 Å². The molecule has 29 heavy (non-hydrogen) atoms. The largest absolute Gasteiger partial charge is 0.361 e. The summed E-state index contributed by atoms with van der Waals surface area (Å²) in [5, 5.41) is 4.17. The number of likely N-dealkylation sites (tertiary alicyclic amines) is 1. The van der Waals surface area contributed by atoms with E-state index in [-0.39, 0.29) is 11.8 Å². The van der Waals surface area contributed by atoms with Gasteiger partial charge in [-0.3, -0.25) is 9.59 Å². The number of fused-ring (bicyclic) bond motifs is 1. The minimum Gasteiger partial charge on any atom is -0.361 e. The lowest BCUT2D eigenvalue weighted by molar-refractivity contribution is -0.116. The Morgan fingerprint density at radius 2 is 1.72 bits per heavy atom. The lowest BCUT2D eigenvalue weighted by Crippen LogP contribution is -2.36. The van der Waals surface area contributed by atoms with Crippen LogP contribution in [0.2, 0.25) is 0 Å². The van der Waals surface area contributed by atoms with Gasteiger partial charge in [0.05, 0.1) is 11.3 Å². The Labute approximate surface area is 171 Å². The molecule has 150 valence electrons. The number of amides is 2. The van der Waals surface area contributed by atoms with Crippen molar-refractivity contribution in [1.82, 2.24) is 9.88 Å². The van der Waals surface area contributed by atoms with Crippen molar-refractivity contribution in [3.05, 3.63) is 65.9 Å². The molecule has 1 aliphatic heterocycles. The van der Waals surface area contributed by atoms with E-state index in [1.165, 1.54) is 17.4 Å². The van der Waals surface area contributed by atoms with Crippen molar-refractivity contribution in [2.75, 3.05) is 18.4 Å². The van der Waals surface area contributed by atoms with Crippen LogP contribution >= 0.6 is 0 Å². The SMILES string of the molecule is O=C(CCCc1c[nH]c2ccccc12)Nc1ccccc1C(=O)N1CCCCC1. The van der Waals surface area contributed by atoms with E-state index in [1.807, 2.05) is 41.4 Å². The summed E-state index contributed by atoms with van der Waals surface area (Å²) in [5.74, 6) is -0.0388. The number of carbonyl (C=O) groups excluding carboxylic acids is 2. The first-order valence-corrected chi connectivity index (χ1v) is 10.5. The number of aryl methyl sites for hydroxylation is 1. The van der Waals surface area contributed by atoms with Gasteiger partial charge in [0.2, 0.25) is 5.91 Å². The Balaban J connectivity index is 1.35. The van der Waals surface area contributed by atoms with E-state index in [2.05, 4.69) is 22.4 Å². The molecule has 3 aromatic rings. The van der Waals surface area contributed by atoms with Gasteiger partial charge < -0.3 is 15.2 Å². The number of H-pyrrole nitrogens is 1. The Kier molecular flexibility index (Phi) is 5.94. The summed E-state index contributed by atoms with van der Waals surface area (Å²) in [6.07, 6.45) is 7.32. The second-order valence-corrected chi connectivity index (χ2v) is 7.66. The molecule has 1 aliphatic rings. The maximum absolute atomic E-state index is 12.9. The molecule has 1 aromatic heterocycles. The van der Waals surface area contributed by atoms with Crippen LogP contribution in [-0.2, 0) is 11.2 Å². The van der Waals surface area contributed by atoms with E-state index >= 15 is 0 Å². The molecule has 2 aromatic carbocycles. The number of hydrogen-bond donors (Lipinski definition) is 2. The monoisotopic (exact) mass is 389 g/mol. The number of benzene rings is 2. The van der Waals surface area contributed by atoms with E-state index in [0.717, 1.165) is 44.3 Å². The highest BCUT2D eigenvalue weighted by molar-refractivity contribution is 6.03. The van der Waals surface area contributed by atoms with Gasteiger partial charge in [0, 0.05) is 36.6 Å². The van der Waals surface area contributed by atoms with Crippen molar-refractivity contribution in [1.29, 1.82) is 0 Å². The maximum atomic E-state index is 12.9. The Morgan fingerprint density at radius 3 is 2.59 bits per heavy atom. The molecular formula is C24H27N3O2. The molecule has 2 amide bonds. The number of piperidine rings is 1. The summed E-state index contributed by atoms with van der Waals surface area (Å²) in [7, 11) is 0. The number of rotatable bonds is 6. The second-order valence-electron chi connectivity index (χ2n) is 7.66. The fourth-order valence-electron chi connectivity index (χ4n) is 4.04. The fraction of sp³-hybridized carbons (Fsp3) is 0.333. The predicted octanol–water partition coefficient (Wildman–Crippen LogP) is 4.76. The maximum Gasteiger partial charge on any atom is 0.255 e. The Hall–Kier alpha value is -3.08. The molecule has 0 unspecified atom stereocenters. The quantitative estimate of drug-likeness (QED) is 0.639. The summed E-state index contributed by atoms with van der Waals surface area (Å²) >= 11 is 0. The van der Waals surface area contributed by atoms with Crippen molar-refractivity contribution in [3.63, 3.8) is 0 Å². The van der Waals surface area contributed by atoms with Crippen LogP contribution in [0.3, 0.4) is 0 Å². The smallest absolute Gasteiger partial charge is 0.255 e. The third kappa shape index (κ3) is 4.50. The van der Waals surface area contributed by atoms with Crippen LogP contribution in [0.25, 0.3) is 10.9 Å². The van der Waals surface area contributed by atoms with Crippen molar-refractivity contribution in [2.45, 2.75) is 38.5 Å². The van der Waals surface area contributed by atoms with Gasteiger partial charge >= 0.3 is 0 Å². The minimum atomic E-state index is -0.0521. The topological polar surface area (TPSA) is 65.2 Å². The molecule has 5 heteroatoms.